The highest BCUT2D eigenvalue weighted by Gasteiger charge is 2.22. The van der Waals surface area contributed by atoms with Crippen molar-refractivity contribution in [1.29, 1.82) is 0 Å². The minimum atomic E-state index is 0.411. The van der Waals surface area contributed by atoms with Crippen LogP contribution >= 0.6 is 22.7 Å². The van der Waals surface area contributed by atoms with E-state index in [1.807, 2.05) is 26.2 Å². The summed E-state index contributed by atoms with van der Waals surface area (Å²) in [5.41, 5.74) is 2.12. The Balaban J connectivity index is 1.15. The average Bonchev–Trinajstić information content (AvgIpc) is 3.50. The van der Waals surface area contributed by atoms with E-state index >= 15 is 0 Å². The van der Waals surface area contributed by atoms with Crippen molar-refractivity contribution in [3.8, 4) is 9.88 Å². The molecule has 0 radical (unpaired) electrons. The third-order valence-electron chi connectivity index (χ3n) is 5.92. The molecule has 2 N–H and O–H groups in total. The summed E-state index contributed by atoms with van der Waals surface area (Å²) >= 11 is 3.48. The normalized spacial score (nSPS) is 18.7. The zero-order valence-electron chi connectivity index (χ0n) is 18.4. The predicted molar refractivity (Wildman–Crippen MR) is 136 cm³/mol. The molecule has 3 heterocycles. The zero-order valence-corrected chi connectivity index (χ0v) is 20.0. The number of thiazole rings is 1. The van der Waals surface area contributed by atoms with Crippen molar-refractivity contribution < 1.29 is 0 Å². The van der Waals surface area contributed by atoms with Crippen molar-refractivity contribution in [2.24, 2.45) is 0 Å². The number of para-hydroxylation sites is 1. The quantitative estimate of drug-likeness (QED) is 0.382. The first-order valence-corrected chi connectivity index (χ1v) is 12.8. The van der Waals surface area contributed by atoms with E-state index in [1.54, 1.807) is 22.7 Å². The van der Waals surface area contributed by atoms with Gasteiger partial charge in [-0.15, -0.1) is 22.7 Å². The molecule has 1 saturated carbocycles. The van der Waals surface area contributed by atoms with Crippen LogP contribution in [0, 0.1) is 0 Å². The summed E-state index contributed by atoms with van der Waals surface area (Å²) in [7, 11) is 4.06. The van der Waals surface area contributed by atoms with Crippen LogP contribution in [0.5, 0.6) is 0 Å². The molecule has 6 nitrogen and oxygen atoms in total. The van der Waals surface area contributed by atoms with Crippen molar-refractivity contribution in [2.75, 3.05) is 24.3 Å². The number of aromatic nitrogens is 3. The third kappa shape index (κ3) is 4.77. The highest BCUT2D eigenvalue weighted by atomic mass is 32.1. The lowest BCUT2D eigenvalue weighted by molar-refractivity contribution is 0.351. The molecule has 1 fully saturated rings. The Morgan fingerprint density at radius 3 is 2.53 bits per heavy atom. The van der Waals surface area contributed by atoms with Gasteiger partial charge in [0.1, 0.15) is 10.8 Å². The molecule has 32 heavy (non-hydrogen) atoms. The van der Waals surface area contributed by atoms with Gasteiger partial charge < -0.3 is 15.5 Å². The van der Waals surface area contributed by atoms with Gasteiger partial charge in [-0.3, -0.25) is 0 Å². The van der Waals surface area contributed by atoms with Gasteiger partial charge in [0.2, 0.25) is 5.95 Å². The Bertz CT molecular complexity index is 1160. The molecule has 166 valence electrons. The van der Waals surface area contributed by atoms with Crippen LogP contribution in [0.1, 0.15) is 31.4 Å². The fourth-order valence-corrected chi connectivity index (χ4v) is 5.87. The molecular formula is C24H28N6S2. The number of hydrogen-bond donors (Lipinski definition) is 2. The lowest BCUT2D eigenvalue weighted by Gasteiger charge is -2.30. The Kier molecular flexibility index (Phi) is 6.34. The Labute approximate surface area is 196 Å². The molecular weight excluding hydrogens is 436 g/mol. The van der Waals surface area contributed by atoms with Gasteiger partial charge in [0.25, 0.3) is 0 Å². The fourth-order valence-electron chi connectivity index (χ4n) is 4.24. The van der Waals surface area contributed by atoms with Crippen LogP contribution in [0.15, 0.2) is 47.2 Å². The number of hydrogen-bond acceptors (Lipinski definition) is 8. The summed E-state index contributed by atoms with van der Waals surface area (Å²) < 4.78 is 0. The van der Waals surface area contributed by atoms with Gasteiger partial charge in [0.05, 0.1) is 16.1 Å². The predicted octanol–water partition coefficient (Wildman–Crippen LogP) is 5.39. The number of thiophene rings is 1. The molecule has 0 saturated heterocycles. The maximum atomic E-state index is 4.79. The van der Waals surface area contributed by atoms with Crippen molar-refractivity contribution in [3.05, 3.63) is 52.9 Å². The summed E-state index contributed by atoms with van der Waals surface area (Å²) in [5, 5.41) is 13.8. The Morgan fingerprint density at radius 2 is 1.75 bits per heavy atom. The minimum absolute atomic E-state index is 0.411. The molecule has 0 atom stereocenters. The summed E-state index contributed by atoms with van der Waals surface area (Å²) in [6.07, 6.45) is 4.52. The summed E-state index contributed by atoms with van der Waals surface area (Å²) in [4.78, 5) is 17.6. The second-order valence-corrected chi connectivity index (χ2v) is 10.3. The largest absolute Gasteiger partial charge is 0.362 e. The van der Waals surface area contributed by atoms with Crippen LogP contribution in [0.2, 0.25) is 0 Å². The average molecular weight is 465 g/mol. The maximum absolute atomic E-state index is 4.79. The molecule has 8 heteroatoms. The molecule has 1 aromatic carbocycles. The summed E-state index contributed by atoms with van der Waals surface area (Å²) in [6, 6.07) is 13.4. The van der Waals surface area contributed by atoms with Gasteiger partial charge in [-0.1, -0.05) is 18.2 Å². The molecule has 0 spiro atoms. The van der Waals surface area contributed by atoms with E-state index in [0.717, 1.165) is 65.6 Å². The molecule has 0 bridgehead atoms. The first-order chi connectivity index (χ1) is 15.7. The topological polar surface area (TPSA) is 66.0 Å². The van der Waals surface area contributed by atoms with Gasteiger partial charge in [-0.2, -0.15) is 4.98 Å². The zero-order chi connectivity index (χ0) is 21.9. The molecule has 0 aliphatic heterocycles. The Hall–Kier alpha value is -2.55. The highest BCUT2D eigenvalue weighted by Crippen LogP contribution is 2.29. The third-order valence-corrected chi connectivity index (χ3v) is 7.85. The molecule has 1 aliphatic carbocycles. The highest BCUT2D eigenvalue weighted by molar-refractivity contribution is 7.20. The van der Waals surface area contributed by atoms with Crippen LogP contribution in [-0.2, 0) is 6.54 Å². The number of benzene rings is 1. The van der Waals surface area contributed by atoms with Crippen molar-refractivity contribution >= 4 is 45.3 Å². The van der Waals surface area contributed by atoms with Crippen LogP contribution in [0.3, 0.4) is 0 Å². The molecule has 3 aromatic heterocycles. The fraction of sp³-hybridized carbons (Fsp3) is 0.375. The summed E-state index contributed by atoms with van der Waals surface area (Å²) in [5.74, 6) is 1.69. The van der Waals surface area contributed by atoms with E-state index in [2.05, 4.69) is 50.6 Å². The van der Waals surface area contributed by atoms with E-state index in [0.29, 0.717) is 12.1 Å². The number of anilines is 2. The van der Waals surface area contributed by atoms with Crippen LogP contribution in [0.25, 0.3) is 20.8 Å². The summed E-state index contributed by atoms with van der Waals surface area (Å²) in [6.45, 7) is 0.838. The standard InChI is InChI=1S/C24H28N6S2/c1-30(2)22-19-6-3-4-7-20(19)28-24(29-22)27-17-11-9-16(10-12-17)25-14-18-15-32-23(26-18)21-8-5-13-31-21/h3-8,13,15-17,25H,9-12,14H2,1-2H3,(H,27,28,29)/t16-,17+. The maximum Gasteiger partial charge on any atom is 0.225 e. The molecule has 5 rings (SSSR count). The number of nitrogens with zero attached hydrogens (tertiary/aromatic N) is 4. The van der Waals surface area contributed by atoms with Gasteiger partial charge in [0, 0.05) is 43.5 Å². The second kappa shape index (κ2) is 9.52. The lowest BCUT2D eigenvalue weighted by atomic mass is 9.91. The number of rotatable bonds is 7. The Morgan fingerprint density at radius 1 is 0.938 bits per heavy atom. The molecule has 0 unspecified atom stereocenters. The lowest BCUT2D eigenvalue weighted by Crippen LogP contribution is -2.37. The number of nitrogens with one attached hydrogen (secondary N) is 2. The van der Waals surface area contributed by atoms with Gasteiger partial charge in [-0.05, 0) is 49.3 Å². The van der Waals surface area contributed by atoms with Gasteiger partial charge in [-0.25, -0.2) is 9.97 Å². The SMILES string of the molecule is CN(C)c1nc(N[C@H]2CC[C@@H](NCc3csc(-c4cccs4)n3)CC2)nc2ccccc12. The first-order valence-electron chi connectivity index (χ1n) is 11.1. The minimum Gasteiger partial charge on any atom is -0.362 e. The van der Waals surface area contributed by atoms with E-state index in [9.17, 15) is 0 Å². The smallest absolute Gasteiger partial charge is 0.225 e. The van der Waals surface area contributed by atoms with E-state index < -0.39 is 0 Å². The number of fused-ring (bicyclic) bond motifs is 1. The van der Waals surface area contributed by atoms with Crippen molar-refractivity contribution in [2.45, 2.75) is 44.3 Å². The molecule has 4 aromatic rings. The monoisotopic (exact) mass is 464 g/mol. The van der Waals surface area contributed by atoms with Crippen molar-refractivity contribution in [1.82, 2.24) is 20.3 Å². The first kappa shape index (κ1) is 21.3. The molecule has 0 amide bonds. The van der Waals surface area contributed by atoms with E-state index in [4.69, 9.17) is 15.0 Å². The molecule has 1 aliphatic rings. The van der Waals surface area contributed by atoms with Gasteiger partial charge in [0.15, 0.2) is 0 Å². The van der Waals surface area contributed by atoms with Crippen LogP contribution in [0.4, 0.5) is 11.8 Å². The second-order valence-electron chi connectivity index (χ2n) is 8.48. The van der Waals surface area contributed by atoms with E-state index in [1.165, 1.54) is 4.88 Å². The van der Waals surface area contributed by atoms with Crippen molar-refractivity contribution in [3.63, 3.8) is 0 Å². The van der Waals surface area contributed by atoms with Gasteiger partial charge >= 0.3 is 0 Å². The van der Waals surface area contributed by atoms with Crippen LogP contribution in [-0.4, -0.2) is 41.1 Å². The van der Waals surface area contributed by atoms with E-state index in [-0.39, 0.29) is 0 Å². The van der Waals surface area contributed by atoms with Crippen LogP contribution < -0.4 is 15.5 Å².